The van der Waals surface area contributed by atoms with Gasteiger partial charge in [-0.2, -0.15) is 0 Å². The van der Waals surface area contributed by atoms with E-state index in [2.05, 4.69) is 9.97 Å². The third-order valence-corrected chi connectivity index (χ3v) is 4.89. The summed E-state index contributed by atoms with van der Waals surface area (Å²) in [6.07, 6.45) is 3.32. The fourth-order valence-electron chi connectivity index (χ4n) is 3.33. The SMILES string of the molecule is CC1(CO)COCCN(C(=O)c2ccc(-n3cnc4ccccc43)nc2)C1. The summed E-state index contributed by atoms with van der Waals surface area (Å²) in [6.45, 7) is 3.76. The van der Waals surface area contributed by atoms with Crippen LogP contribution in [0.4, 0.5) is 0 Å². The van der Waals surface area contributed by atoms with Crippen molar-refractivity contribution >= 4 is 16.9 Å². The number of hydrogen-bond acceptors (Lipinski definition) is 5. The minimum Gasteiger partial charge on any atom is -0.396 e. The molecule has 140 valence electrons. The highest BCUT2D eigenvalue weighted by atomic mass is 16.5. The van der Waals surface area contributed by atoms with Gasteiger partial charge in [-0.1, -0.05) is 19.1 Å². The number of ether oxygens (including phenoxy) is 1. The van der Waals surface area contributed by atoms with E-state index in [0.717, 1.165) is 11.0 Å². The van der Waals surface area contributed by atoms with Crippen LogP contribution in [0.25, 0.3) is 16.9 Å². The number of imidazole rings is 1. The van der Waals surface area contributed by atoms with E-state index >= 15 is 0 Å². The molecule has 1 aliphatic rings. The summed E-state index contributed by atoms with van der Waals surface area (Å²) in [5.41, 5.74) is 1.93. The summed E-state index contributed by atoms with van der Waals surface area (Å²) in [5.74, 6) is 0.606. The first-order chi connectivity index (χ1) is 13.1. The molecule has 4 rings (SSSR count). The van der Waals surface area contributed by atoms with Gasteiger partial charge in [-0.05, 0) is 24.3 Å². The molecule has 1 saturated heterocycles. The van der Waals surface area contributed by atoms with E-state index in [0.29, 0.717) is 37.7 Å². The van der Waals surface area contributed by atoms with Crippen molar-refractivity contribution in [3.63, 3.8) is 0 Å². The Balaban J connectivity index is 1.57. The lowest BCUT2D eigenvalue weighted by molar-refractivity contribution is 0.0340. The van der Waals surface area contributed by atoms with Crippen molar-refractivity contribution in [2.75, 3.05) is 32.9 Å². The number of pyridine rings is 1. The Morgan fingerprint density at radius 1 is 1.26 bits per heavy atom. The van der Waals surface area contributed by atoms with E-state index in [1.165, 1.54) is 0 Å². The van der Waals surface area contributed by atoms with Gasteiger partial charge in [-0.15, -0.1) is 0 Å². The number of hydrogen-bond donors (Lipinski definition) is 1. The van der Waals surface area contributed by atoms with Crippen LogP contribution in [0.15, 0.2) is 48.9 Å². The first-order valence-electron chi connectivity index (χ1n) is 8.96. The zero-order chi connectivity index (χ0) is 18.9. The summed E-state index contributed by atoms with van der Waals surface area (Å²) < 4.78 is 7.44. The van der Waals surface area contributed by atoms with Gasteiger partial charge in [0.2, 0.25) is 0 Å². The predicted octanol–water partition coefficient (Wildman–Crippen LogP) is 1.89. The molecule has 0 radical (unpaired) electrons. The summed E-state index contributed by atoms with van der Waals surface area (Å²) in [5, 5.41) is 9.64. The molecule has 3 aromatic rings. The van der Waals surface area contributed by atoms with Crippen molar-refractivity contribution in [1.82, 2.24) is 19.4 Å². The third kappa shape index (κ3) is 3.43. The maximum atomic E-state index is 12.9. The van der Waals surface area contributed by atoms with Crippen molar-refractivity contribution in [2.45, 2.75) is 6.92 Å². The molecule has 7 heteroatoms. The van der Waals surface area contributed by atoms with Crippen LogP contribution in [-0.4, -0.2) is 63.4 Å². The number of aliphatic hydroxyl groups is 1. The second-order valence-electron chi connectivity index (χ2n) is 7.26. The van der Waals surface area contributed by atoms with Crippen LogP contribution in [0.3, 0.4) is 0 Å². The molecular formula is C20H22N4O3. The Morgan fingerprint density at radius 2 is 2.11 bits per heavy atom. The maximum absolute atomic E-state index is 12.9. The zero-order valence-corrected chi connectivity index (χ0v) is 15.2. The van der Waals surface area contributed by atoms with Gasteiger partial charge in [0.25, 0.3) is 5.91 Å². The van der Waals surface area contributed by atoms with Crippen LogP contribution < -0.4 is 0 Å². The van der Waals surface area contributed by atoms with Crippen molar-refractivity contribution in [2.24, 2.45) is 5.41 Å². The molecule has 1 N–H and O–H groups in total. The molecule has 1 aromatic carbocycles. The second kappa shape index (κ2) is 7.09. The first kappa shape index (κ1) is 17.6. The van der Waals surface area contributed by atoms with Gasteiger partial charge >= 0.3 is 0 Å². The van der Waals surface area contributed by atoms with Crippen molar-refractivity contribution < 1.29 is 14.6 Å². The Kier molecular flexibility index (Phi) is 4.63. The zero-order valence-electron chi connectivity index (χ0n) is 15.2. The quantitative estimate of drug-likeness (QED) is 0.766. The summed E-state index contributed by atoms with van der Waals surface area (Å²) in [7, 11) is 0. The molecule has 0 spiro atoms. The van der Waals surface area contributed by atoms with Gasteiger partial charge in [-0.25, -0.2) is 9.97 Å². The smallest absolute Gasteiger partial charge is 0.255 e. The Bertz CT molecular complexity index is 953. The van der Waals surface area contributed by atoms with Crippen molar-refractivity contribution in [1.29, 1.82) is 0 Å². The normalized spacial score (nSPS) is 20.6. The number of aliphatic hydroxyl groups excluding tert-OH is 1. The standard InChI is InChI=1S/C20H22N4O3/c1-20(12-25)11-23(8-9-27-13-20)19(26)15-6-7-18(21-10-15)24-14-22-16-4-2-3-5-17(16)24/h2-7,10,14,25H,8-9,11-13H2,1H3. The largest absolute Gasteiger partial charge is 0.396 e. The molecule has 0 bridgehead atoms. The number of carbonyl (C=O) groups excluding carboxylic acids is 1. The van der Waals surface area contributed by atoms with E-state index in [1.54, 1.807) is 23.5 Å². The lowest BCUT2D eigenvalue weighted by atomic mass is 9.92. The Hall–Kier alpha value is -2.77. The van der Waals surface area contributed by atoms with Gasteiger partial charge in [0.1, 0.15) is 12.1 Å². The predicted molar refractivity (Wildman–Crippen MR) is 101 cm³/mol. The molecule has 1 unspecified atom stereocenters. The number of carbonyl (C=O) groups is 1. The average Bonchev–Trinajstić information content (AvgIpc) is 3.03. The molecule has 1 fully saturated rings. The topological polar surface area (TPSA) is 80.5 Å². The number of nitrogens with zero attached hydrogens (tertiary/aromatic N) is 4. The molecule has 2 aromatic heterocycles. The van der Waals surface area contributed by atoms with E-state index in [4.69, 9.17) is 4.74 Å². The van der Waals surface area contributed by atoms with E-state index in [1.807, 2.05) is 41.8 Å². The number of benzene rings is 1. The van der Waals surface area contributed by atoms with Crippen LogP contribution in [0.1, 0.15) is 17.3 Å². The van der Waals surface area contributed by atoms with Gasteiger partial charge in [0.15, 0.2) is 0 Å². The van der Waals surface area contributed by atoms with Crippen LogP contribution in [0.2, 0.25) is 0 Å². The van der Waals surface area contributed by atoms with Crippen LogP contribution in [-0.2, 0) is 4.74 Å². The number of amides is 1. The maximum Gasteiger partial charge on any atom is 0.255 e. The summed E-state index contributed by atoms with van der Waals surface area (Å²) in [6, 6.07) is 11.4. The first-order valence-corrected chi connectivity index (χ1v) is 8.96. The number of fused-ring (bicyclic) bond motifs is 1. The fourth-order valence-corrected chi connectivity index (χ4v) is 3.33. The highest BCUT2D eigenvalue weighted by Gasteiger charge is 2.32. The highest BCUT2D eigenvalue weighted by molar-refractivity contribution is 5.94. The van der Waals surface area contributed by atoms with Gasteiger partial charge < -0.3 is 14.7 Å². The summed E-state index contributed by atoms with van der Waals surface area (Å²) in [4.78, 5) is 23.5. The van der Waals surface area contributed by atoms with Crippen molar-refractivity contribution in [3.8, 4) is 5.82 Å². The molecule has 3 heterocycles. The molecule has 27 heavy (non-hydrogen) atoms. The number of aromatic nitrogens is 3. The lowest BCUT2D eigenvalue weighted by Gasteiger charge is -2.30. The van der Waals surface area contributed by atoms with Crippen molar-refractivity contribution in [3.05, 3.63) is 54.5 Å². The number of para-hydroxylation sites is 2. The number of rotatable bonds is 3. The molecule has 7 nitrogen and oxygen atoms in total. The van der Waals surface area contributed by atoms with E-state index in [-0.39, 0.29) is 12.5 Å². The fraction of sp³-hybridized carbons (Fsp3) is 0.350. The monoisotopic (exact) mass is 366 g/mol. The van der Waals surface area contributed by atoms with Gasteiger partial charge in [0, 0.05) is 24.7 Å². The molecular weight excluding hydrogens is 344 g/mol. The molecule has 1 amide bonds. The Labute approximate surface area is 157 Å². The van der Waals surface area contributed by atoms with Gasteiger partial charge in [-0.3, -0.25) is 9.36 Å². The van der Waals surface area contributed by atoms with Crippen LogP contribution in [0.5, 0.6) is 0 Å². The molecule has 0 aliphatic carbocycles. The Morgan fingerprint density at radius 3 is 2.89 bits per heavy atom. The lowest BCUT2D eigenvalue weighted by Crippen LogP contribution is -2.42. The molecule has 1 atom stereocenters. The van der Waals surface area contributed by atoms with Crippen LogP contribution >= 0.6 is 0 Å². The van der Waals surface area contributed by atoms with Gasteiger partial charge in [0.05, 0.1) is 36.4 Å². The summed E-state index contributed by atoms with van der Waals surface area (Å²) >= 11 is 0. The molecule has 0 saturated carbocycles. The minimum absolute atomic E-state index is 0.0261. The molecule has 1 aliphatic heterocycles. The third-order valence-electron chi connectivity index (χ3n) is 4.89. The van der Waals surface area contributed by atoms with E-state index < -0.39 is 5.41 Å². The minimum atomic E-state index is -0.449. The van der Waals surface area contributed by atoms with Crippen LogP contribution in [0, 0.1) is 5.41 Å². The highest BCUT2D eigenvalue weighted by Crippen LogP contribution is 2.22. The second-order valence-corrected chi connectivity index (χ2v) is 7.26. The average molecular weight is 366 g/mol. The van der Waals surface area contributed by atoms with E-state index in [9.17, 15) is 9.90 Å².